The third-order valence-electron chi connectivity index (χ3n) is 9.41. The number of benzene rings is 2. The van der Waals surface area contributed by atoms with Crippen LogP contribution in [-0.2, 0) is 0 Å². The second kappa shape index (κ2) is 20.6. The van der Waals surface area contributed by atoms with Gasteiger partial charge >= 0.3 is 0 Å². The van der Waals surface area contributed by atoms with Crippen molar-refractivity contribution in [2.75, 3.05) is 48.3 Å². The first-order valence-corrected chi connectivity index (χ1v) is 20.6. The maximum Gasteiger partial charge on any atom is 0.223 e. The molecule has 2 aromatic heterocycles. The van der Waals surface area contributed by atoms with Crippen molar-refractivity contribution in [3.05, 3.63) is 95.3 Å². The third kappa shape index (κ3) is 10.4. The van der Waals surface area contributed by atoms with Gasteiger partial charge in [0.1, 0.15) is 10.1 Å². The average molecular weight is 713 g/mol. The first-order valence-electron chi connectivity index (χ1n) is 18.7. The summed E-state index contributed by atoms with van der Waals surface area (Å²) < 4.78 is 0. The lowest BCUT2D eigenvalue weighted by Crippen LogP contribution is -2.41. The van der Waals surface area contributed by atoms with Crippen molar-refractivity contribution in [1.29, 1.82) is 0 Å². The number of nitrogens with zero attached hydrogens (tertiary/aromatic N) is 4. The summed E-state index contributed by atoms with van der Waals surface area (Å²) in [5, 5.41) is 9.08. The largest absolute Gasteiger partial charge is 0.354 e. The van der Waals surface area contributed by atoms with Gasteiger partial charge in [0.05, 0.1) is 11.4 Å². The molecule has 0 amide bonds. The molecular weight excluding hydrogens is 657 g/mol. The number of aromatic nitrogens is 4. The number of anilines is 2. The van der Waals surface area contributed by atoms with E-state index in [1.807, 2.05) is 0 Å². The Kier molecular flexibility index (Phi) is 15.7. The van der Waals surface area contributed by atoms with Crippen LogP contribution in [0.3, 0.4) is 0 Å². The number of nitrogens with two attached hydrogens (primary N) is 2. The van der Waals surface area contributed by atoms with E-state index < -0.39 is 0 Å². The number of hydrogen-bond acceptors (Lipinski definition) is 10. The molecule has 2 heterocycles. The van der Waals surface area contributed by atoms with E-state index in [0.29, 0.717) is 25.0 Å². The highest BCUT2D eigenvalue weighted by atomic mass is 32.2. The van der Waals surface area contributed by atoms with Crippen LogP contribution in [0.2, 0.25) is 0 Å². The molecular formula is C40H56N8S2. The predicted molar refractivity (Wildman–Crippen MR) is 213 cm³/mol. The summed E-state index contributed by atoms with van der Waals surface area (Å²) in [6, 6.07) is 26.3. The van der Waals surface area contributed by atoms with Gasteiger partial charge in [-0.25, -0.2) is 19.9 Å². The molecule has 0 bridgehead atoms. The molecule has 0 atom stereocenters. The van der Waals surface area contributed by atoms with Crippen LogP contribution in [0.5, 0.6) is 0 Å². The van der Waals surface area contributed by atoms with Crippen LogP contribution in [0, 0.1) is 0 Å². The van der Waals surface area contributed by atoms with E-state index in [4.69, 9.17) is 31.4 Å². The molecule has 268 valence electrons. The zero-order chi connectivity index (χ0) is 35.0. The molecule has 0 saturated heterocycles. The molecule has 50 heavy (non-hydrogen) atoms. The Balaban J connectivity index is 1.58. The van der Waals surface area contributed by atoms with Gasteiger partial charge in [0.25, 0.3) is 0 Å². The molecule has 0 unspecified atom stereocenters. The van der Waals surface area contributed by atoms with Gasteiger partial charge in [-0.15, -0.1) is 23.5 Å². The monoisotopic (exact) mass is 712 g/mol. The average Bonchev–Trinajstić information content (AvgIpc) is 3.13. The van der Waals surface area contributed by atoms with E-state index in [0.717, 1.165) is 58.9 Å². The second-order valence-corrected chi connectivity index (χ2v) is 15.3. The highest BCUT2D eigenvalue weighted by Gasteiger charge is 2.54. The quantitative estimate of drug-likeness (QED) is 0.0357. The topological polar surface area (TPSA) is 128 Å². The minimum Gasteiger partial charge on any atom is -0.354 e. The first-order chi connectivity index (χ1) is 24.7. The zero-order valence-corrected chi connectivity index (χ0v) is 31.5. The van der Waals surface area contributed by atoms with Crippen LogP contribution in [-0.4, -0.2) is 57.6 Å². The highest BCUT2D eigenvalue weighted by molar-refractivity contribution is 7.99. The normalized spacial score (nSPS) is 18.5. The van der Waals surface area contributed by atoms with Gasteiger partial charge in [-0.3, -0.25) is 0 Å². The minimum absolute atomic E-state index is 0.117. The van der Waals surface area contributed by atoms with Gasteiger partial charge in [0.2, 0.25) is 11.9 Å². The molecule has 0 spiro atoms. The summed E-state index contributed by atoms with van der Waals surface area (Å²) in [7, 11) is 0. The fraction of sp³-hybridized carbons (Fsp3) is 0.500. The zero-order valence-electron chi connectivity index (χ0n) is 29.9. The fourth-order valence-electron chi connectivity index (χ4n) is 7.03. The molecule has 0 radical (unpaired) electrons. The van der Waals surface area contributed by atoms with Gasteiger partial charge < -0.3 is 22.1 Å². The van der Waals surface area contributed by atoms with Crippen molar-refractivity contribution in [2.45, 2.75) is 98.9 Å². The molecule has 1 aliphatic rings. The number of unbranched alkanes of at least 4 members (excludes halogenated alkanes) is 6. The molecule has 8 nitrogen and oxygen atoms in total. The second-order valence-electron chi connectivity index (χ2n) is 13.1. The lowest BCUT2D eigenvalue weighted by molar-refractivity contribution is 0.219. The maximum atomic E-state index is 5.96. The lowest BCUT2D eigenvalue weighted by Gasteiger charge is -2.52. The van der Waals surface area contributed by atoms with Crippen molar-refractivity contribution in [3.8, 4) is 0 Å². The Bertz CT molecular complexity index is 1430. The van der Waals surface area contributed by atoms with E-state index in [1.54, 1.807) is 23.5 Å². The Morgan fingerprint density at radius 1 is 0.540 bits per heavy atom. The molecule has 5 rings (SSSR count). The first kappa shape index (κ1) is 38.1. The summed E-state index contributed by atoms with van der Waals surface area (Å²) in [5.41, 5.74) is 16.6. The smallest absolute Gasteiger partial charge is 0.223 e. The molecule has 10 heteroatoms. The van der Waals surface area contributed by atoms with Crippen LogP contribution < -0.4 is 22.1 Å². The number of nitrogens with one attached hydrogen (secondary N) is 2. The van der Waals surface area contributed by atoms with Crippen LogP contribution in [0.25, 0.3) is 0 Å². The van der Waals surface area contributed by atoms with Crippen molar-refractivity contribution in [3.63, 3.8) is 0 Å². The summed E-state index contributed by atoms with van der Waals surface area (Å²) in [4.78, 5) is 20.4. The van der Waals surface area contributed by atoms with E-state index in [9.17, 15) is 0 Å². The summed E-state index contributed by atoms with van der Waals surface area (Å²) in [6.07, 6.45) is 9.52. The summed E-state index contributed by atoms with van der Waals surface area (Å²) in [5.74, 6) is 3.57. The Morgan fingerprint density at radius 2 is 0.960 bits per heavy atom. The number of rotatable bonds is 22. The predicted octanol–water partition coefficient (Wildman–Crippen LogP) is 8.80. The highest BCUT2D eigenvalue weighted by Crippen LogP contribution is 2.66. The van der Waals surface area contributed by atoms with Crippen molar-refractivity contribution in [1.82, 2.24) is 19.9 Å². The van der Waals surface area contributed by atoms with Crippen molar-refractivity contribution >= 4 is 35.4 Å². The van der Waals surface area contributed by atoms with Gasteiger partial charge in [0.15, 0.2) is 0 Å². The SMILES string of the molecule is CCCCCCNc1nc(SCCN)cc(C2C(c3ccccc3)C(c3cc(SCCN)nc(NCCCCCC)n3)C2c2ccccc2)n1. The van der Waals surface area contributed by atoms with Gasteiger partial charge in [0, 0.05) is 61.4 Å². The molecule has 1 fully saturated rings. The van der Waals surface area contributed by atoms with Crippen LogP contribution in [0.1, 0.15) is 111 Å². The van der Waals surface area contributed by atoms with E-state index in [-0.39, 0.29) is 23.7 Å². The van der Waals surface area contributed by atoms with E-state index in [2.05, 4.69) is 97.3 Å². The van der Waals surface area contributed by atoms with Crippen LogP contribution in [0.15, 0.2) is 82.8 Å². The lowest BCUT2D eigenvalue weighted by atomic mass is 9.50. The summed E-state index contributed by atoms with van der Waals surface area (Å²) in [6.45, 7) is 7.41. The number of hydrogen-bond donors (Lipinski definition) is 4. The summed E-state index contributed by atoms with van der Waals surface area (Å²) >= 11 is 3.41. The maximum absolute atomic E-state index is 5.96. The van der Waals surface area contributed by atoms with Crippen LogP contribution in [0.4, 0.5) is 11.9 Å². The van der Waals surface area contributed by atoms with Crippen molar-refractivity contribution < 1.29 is 0 Å². The van der Waals surface area contributed by atoms with E-state index >= 15 is 0 Å². The number of thioether (sulfide) groups is 2. The van der Waals surface area contributed by atoms with Crippen molar-refractivity contribution in [2.24, 2.45) is 11.5 Å². The van der Waals surface area contributed by atoms with Gasteiger partial charge in [-0.1, -0.05) is 113 Å². The molecule has 4 aromatic rings. The van der Waals surface area contributed by atoms with Gasteiger partial charge in [-0.2, -0.15) is 0 Å². The Labute approximate surface area is 308 Å². The minimum atomic E-state index is 0.117. The standard InChI is InChI=1S/C40H56N8S2/c1-3-5-7-15-23-43-39-45-31(27-33(47-39)49-25-21-41)37-35(29-17-11-9-12-18-29)38(36(37)30-19-13-10-14-20-30)32-28-34(50-26-22-42)48-40(46-32)44-24-16-8-6-4-2/h9-14,17-20,27-28,35-38H,3-8,15-16,21-26,41-42H2,1-2H3,(H,43,45,47)(H,44,46,48). The third-order valence-corrected chi connectivity index (χ3v) is 11.3. The van der Waals surface area contributed by atoms with E-state index in [1.165, 1.54) is 49.7 Å². The molecule has 0 aliphatic heterocycles. The molecule has 2 aromatic carbocycles. The molecule has 6 N–H and O–H groups in total. The Morgan fingerprint density at radius 3 is 1.34 bits per heavy atom. The Hall–Kier alpha value is -3.18. The fourth-order valence-corrected chi connectivity index (χ4v) is 8.39. The van der Waals surface area contributed by atoms with Crippen LogP contribution >= 0.6 is 23.5 Å². The van der Waals surface area contributed by atoms with Gasteiger partial charge in [-0.05, 0) is 36.1 Å². The molecule has 1 aliphatic carbocycles. The molecule has 1 saturated carbocycles.